The number of furan rings is 1. The van der Waals surface area contributed by atoms with Crippen LogP contribution in [0.15, 0.2) is 54.8 Å². The Hall–Kier alpha value is -1.40. The van der Waals surface area contributed by atoms with Crippen molar-refractivity contribution in [2.75, 3.05) is 0 Å². The summed E-state index contributed by atoms with van der Waals surface area (Å²) in [6.07, 6.45) is 1.18. The molecule has 2 rings (SSSR count). The Bertz CT molecular complexity index is 672. The molecule has 0 aliphatic heterocycles. The zero-order chi connectivity index (χ0) is 13.2. The quantitative estimate of drug-likeness (QED) is 0.813. The summed E-state index contributed by atoms with van der Waals surface area (Å²) in [5, 5.41) is 0. The Morgan fingerprint density at radius 3 is 2.39 bits per heavy atom. The number of hydrogen-bond acceptors (Lipinski definition) is 3. The second-order valence-corrected chi connectivity index (χ2v) is 6.08. The normalized spacial score (nSPS) is 12.1. The highest BCUT2D eigenvalue weighted by Crippen LogP contribution is 2.15. The molecule has 0 atom stereocenters. The molecule has 1 heterocycles. The molecule has 0 saturated carbocycles. The predicted octanol–water partition coefficient (Wildman–Crippen LogP) is 3.16. The van der Waals surface area contributed by atoms with Gasteiger partial charge in [0.2, 0.25) is 0 Å². The fourth-order valence-corrected chi connectivity index (χ4v) is 2.45. The van der Waals surface area contributed by atoms with Gasteiger partial charge in [-0.3, -0.25) is 0 Å². The first-order valence-corrected chi connectivity index (χ1v) is 7.33. The van der Waals surface area contributed by atoms with Crippen molar-refractivity contribution < 1.29 is 12.8 Å². The summed E-state index contributed by atoms with van der Waals surface area (Å²) in [6, 6.07) is 9.80. The molecule has 0 spiro atoms. The van der Waals surface area contributed by atoms with E-state index in [1.165, 1.54) is 18.3 Å². The van der Waals surface area contributed by atoms with E-state index in [0.29, 0.717) is 10.4 Å². The Labute approximate surface area is 114 Å². The van der Waals surface area contributed by atoms with Crippen LogP contribution in [0.3, 0.4) is 0 Å². The average Bonchev–Trinajstić information content (AvgIpc) is 2.73. The molecule has 1 aromatic heterocycles. The van der Waals surface area contributed by atoms with E-state index in [1.54, 1.807) is 24.3 Å². The molecule has 4 nitrogen and oxygen atoms in total. The first-order chi connectivity index (χ1) is 8.47. The van der Waals surface area contributed by atoms with E-state index in [1.807, 2.05) is 6.92 Å². The van der Waals surface area contributed by atoms with Gasteiger partial charge in [0.1, 0.15) is 5.76 Å². The van der Waals surface area contributed by atoms with Crippen LogP contribution in [0.1, 0.15) is 11.3 Å². The van der Waals surface area contributed by atoms with E-state index in [4.69, 9.17) is 4.42 Å². The van der Waals surface area contributed by atoms with Gasteiger partial charge in [-0.15, -0.1) is 0 Å². The van der Waals surface area contributed by atoms with E-state index in [2.05, 4.69) is 20.3 Å². The fourth-order valence-electron chi connectivity index (χ4n) is 1.29. The van der Waals surface area contributed by atoms with E-state index >= 15 is 0 Å². The number of nitrogens with zero attached hydrogens (tertiary/aromatic N) is 1. The molecule has 0 unspecified atom stereocenters. The standard InChI is InChI=1S/C12H10BrNO3S/c1-9-2-5-11(6-3-9)18(15,16)14-8-10-4-7-12(13)17-10/h2-8H,1H3/b14-8+. The maximum absolute atomic E-state index is 11.9. The second-order valence-electron chi connectivity index (χ2n) is 3.66. The molecule has 18 heavy (non-hydrogen) atoms. The number of hydrogen-bond donors (Lipinski definition) is 0. The Balaban J connectivity index is 2.27. The maximum Gasteiger partial charge on any atom is 0.282 e. The van der Waals surface area contributed by atoms with Gasteiger partial charge in [-0.05, 0) is 47.1 Å². The van der Waals surface area contributed by atoms with Crippen LogP contribution in [-0.4, -0.2) is 14.6 Å². The van der Waals surface area contributed by atoms with Crippen molar-refractivity contribution in [2.24, 2.45) is 4.40 Å². The lowest BCUT2D eigenvalue weighted by Crippen LogP contribution is -1.97. The molecule has 0 bridgehead atoms. The number of sulfonamides is 1. The maximum atomic E-state index is 11.9. The van der Waals surface area contributed by atoms with Crippen LogP contribution < -0.4 is 0 Å². The topological polar surface area (TPSA) is 59.6 Å². The van der Waals surface area contributed by atoms with Gasteiger partial charge >= 0.3 is 0 Å². The minimum absolute atomic E-state index is 0.162. The minimum atomic E-state index is -3.67. The molecular weight excluding hydrogens is 318 g/mol. The summed E-state index contributed by atoms with van der Waals surface area (Å²) in [5.74, 6) is 0.373. The molecule has 1 aromatic carbocycles. The summed E-state index contributed by atoms with van der Waals surface area (Å²) in [7, 11) is -3.67. The minimum Gasteiger partial charge on any atom is -0.448 e. The van der Waals surface area contributed by atoms with Crippen LogP contribution in [-0.2, 0) is 10.0 Å². The third-order valence-electron chi connectivity index (χ3n) is 2.23. The lowest BCUT2D eigenvalue weighted by atomic mass is 10.2. The average molecular weight is 328 g/mol. The molecular formula is C12H10BrNO3S. The predicted molar refractivity (Wildman–Crippen MR) is 72.4 cm³/mol. The van der Waals surface area contributed by atoms with Crippen molar-refractivity contribution in [3.63, 3.8) is 0 Å². The lowest BCUT2D eigenvalue weighted by Gasteiger charge is -1.98. The van der Waals surface area contributed by atoms with Crippen molar-refractivity contribution in [3.05, 3.63) is 52.4 Å². The first-order valence-electron chi connectivity index (χ1n) is 5.10. The molecule has 94 valence electrons. The third kappa shape index (κ3) is 3.08. The molecule has 0 saturated heterocycles. The molecule has 0 radical (unpaired) electrons. The summed E-state index contributed by atoms with van der Waals surface area (Å²) >= 11 is 3.13. The highest BCUT2D eigenvalue weighted by atomic mass is 79.9. The van der Waals surface area contributed by atoms with Crippen LogP contribution in [0, 0.1) is 6.92 Å². The summed E-state index contributed by atoms with van der Waals surface area (Å²) in [4.78, 5) is 0.162. The fraction of sp³-hybridized carbons (Fsp3) is 0.0833. The second kappa shape index (κ2) is 5.07. The smallest absolute Gasteiger partial charge is 0.282 e. The number of halogens is 1. The largest absolute Gasteiger partial charge is 0.448 e. The van der Waals surface area contributed by atoms with Crippen molar-refractivity contribution >= 4 is 32.2 Å². The van der Waals surface area contributed by atoms with E-state index < -0.39 is 10.0 Å². The van der Waals surface area contributed by atoms with E-state index in [9.17, 15) is 8.42 Å². The van der Waals surface area contributed by atoms with Crippen LogP contribution >= 0.6 is 15.9 Å². The van der Waals surface area contributed by atoms with Gasteiger partial charge in [-0.25, -0.2) is 0 Å². The Kier molecular flexibility index (Phi) is 3.68. The molecule has 2 aromatic rings. The van der Waals surface area contributed by atoms with Crippen molar-refractivity contribution in [2.45, 2.75) is 11.8 Å². The lowest BCUT2D eigenvalue weighted by molar-refractivity contribution is 0.534. The van der Waals surface area contributed by atoms with Gasteiger partial charge in [0.15, 0.2) is 4.67 Å². The zero-order valence-corrected chi connectivity index (χ0v) is 11.9. The molecule has 6 heteroatoms. The van der Waals surface area contributed by atoms with Gasteiger partial charge in [0.25, 0.3) is 10.0 Å². The van der Waals surface area contributed by atoms with Crippen molar-refractivity contribution in [1.29, 1.82) is 0 Å². The number of aryl methyl sites for hydroxylation is 1. The Morgan fingerprint density at radius 2 is 1.83 bits per heavy atom. The summed E-state index contributed by atoms with van der Waals surface area (Å²) in [6.45, 7) is 1.89. The number of benzene rings is 1. The number of rotatable bonds is 3. The highest BCUT2D eigenvalue weighted by Gasteiger charge is 2.11. The third-order valence-corrected chi connectivity index (χ3v) is 3.91. The molecule has 0 N–H and O–H groups in total. The van der Waals surface area contributed by atoms with Crippen LogP contribution in [0.5, 0.6) is 0 Å². The summed E-state index contributed by atoms with van der Waals surface area (Å²) in [5.41, 5.74) is 0.993. The van der Waals surface area contributed by atoms with Crippen molar-refractivity contribution in [1.82, 2.24) is 0 Å². The van der Waals surface area contributed by atoms with Gasteiger partial charge in [0, 0.05) is 0 Å². The van der Waals surface area contributed by atoms with E-state index in [0.717, 1.165) is 5.56 Å². The van der Waals surface area contributed by atoms with Crippen molar-refractivity contribution in [3.8, 4) is 0 Å². The monoisotopic (exact) mass is 327 g/mol. The highest BCUT2D eigenvalue weighted by molar-refractivity contribution is 9.10. The molecule has 0 aliphatic carbocycles. The SMILES string of the molecule is Cc1ccc(S(=O)(=O)/N=C/c2ccc(Br)o2)cc1. The van der Waals surface area contributed by atoms with Gasteiger partial charge < -0.3 is 4.42 Å². The molecule has 0 amide bonds. The van der Waals surface area contributed by atoms with Gasteiger partial charge in [0.05, 0.1) is 11.1 Å². The van der Waals surface area contributed by atoms with Crippen LogP contribution in [0.4, 0.5) is 0 Å². The first kappa shape index (κ1) is 13.0. The molecule has 0 aliphatic rings. The molecule has 0 fully saturated rings. The van der Waals surface area contributed by atoms with Gasteiger partial charge in [-0.1, -0.05) is 17.7 Å². The van der Waals surface area contributed by atoms with E-state index in [-0.39, 0.29) is 4.90 Å². The van der Waals surface area contributed by atoms with Crippen LogP contribution in [0.25, 0.3) is 0 Å². The van der Waals surface area contributed by atoms with Gasteiger partial charge in [-0.2, -0.15) is 12.8 Å². The summed E-state index contributed by atoms with van der Waals surface area (Å²) < 4.78 is 33.0. The van der Waals surface area contributed by atoms with Crippen LogP contribution in [0.2, 0.25) is 0 Å². The zero-order valence-electron chi connectivity index (χ0n) is 9.50. The Morgan fingerprint density at radius 1 is 1.17 bits per heavy atom.